The molecule has 2 aromatic rings. The van der Waals surface area contributed by atoms with Crippen molar-refractivity contribution >= 4 is 0 Å². The van der Waals surface area contributed by atoms with Crippen LogP contribution < -0.4 is 5.32 Å². The largest absolute Gasteiger partial charge is 0.313 e. The highest BCUT2D eigenvalue weighted by atomic mass is 15.3. The standard InChI is InChI=1S/C13H15N5/c14-10-13-9-12(3-6-16-13)11-15-4-1-7-18-8-2-5-17-18/h2-3,5-6,8-9,15H,1,4,7,11H2. The van der Waals surface area contributed by atoms with Gasteiger partial charge in [-0.15, -0.1) is 0 Å². The van der Waals surface area contributed by atoms with E-state index in [1.54, 1.807) is 18.5 Å². The first-order chi connectivity index (χ1) is 8.88. The van der Waals surface area contributed by atoms with Crippen molar-refractivity contribution in [3.8, 4) is 6.07 Å². The summed E-state index contributed by atoms with van der Waals surface area (Å²) < 4.78 is 1.92. The molecular weight excluding hydrogens is 226 g/mol. The van der Waals surface area contributed by atoms with Gasteiger partial charge < -0.3 is 5.32 Å². The molecule has 92 valence electrons. The Morgan fingerprint density at radius 2 is 2.33 bits per heavy atom. The summed E-state index contributed by atoms with van der Waals surface area (Å²) in [7, 11) is 0. The molecule has 2 rings (SSSR count). The molecule has 0 aliphatic rings. The molecule has 0 fully saturated rings. The maximum Gasteiger partial charge on any atom is 0.140 e. The van der Waals surface area contributed by atoms with Gasteiger partial charge in [0, 0.05) is 31.7 Å². The first-order valence-electron chi connectivity index (χ1n) is 5.91. The average Bonchev–Trinajstić information content (AvgIpc) is 2.92. The number of hydrogen-bond donors (Lipinski definition) is 1. The van der Waals surface area contributed by atoms with Gasteiger partial charge in [-0.1, -0.05) is 0 Å². The predicted molar refractivity (Wildman–Crippen MR) is 67.5 cm³/mol. The Labute approximate surface area is 106 Å². The minimum absolute atomic E-state index is 0.464. The molecule has 5 nitrogen and oxygen atoms in total. The monoisotopic (exact) mass is 241 g/mol. The lowest BCUT2D eigenvalue weighted by atomic mass is 10.2. The fourth-order valence-corrected chi connectivity index (χ4v) is 1.68. The Morgan fingerprint density at radius 1 is 1.39 bits per heavy atom. The molecule has 0 aliphatic heterocycles. The van der Waals surface area contributed by atoms with Crippen molar-refractivity contribution in [2.75, 3.05) is 6.54 Å². The van der Waals surface area contributed by atoms with E-state index in [4.69, 9.17) is 5.26 Å². The summed E-state index contributed by atoms with van der Waals surface area (Å²) in [6.07, 6.45) is 6.44. The highest BCUT2D eigenvalue weighted by Crippen LogP contribution is 2.00. The molecular formula is C13H15N5. The summed E-state index contributed by atoms with van der Waals surface area (Å²) in [5, 5.41) is 16.2. The normalized spacial score (nSPS) is 10.2. The molecule has 0 saturated carbocycles. The minimum atomic E-state index is 0.464. The molecule has 1 N–H and O–H groups in total. The van der Waals surface area contributed by atoms with Crippen molar-refractivity contribution in [3.63, 3.8) is 0 Å². The van der Waals surface area contributed by atoms with E-state index in [0.717, 1.165) is 31.6 Å². The Balaban J connectivity index is 1.67. The second kappa shape index (κ2) is 6.52. The van der Waals surface area contributed by atoms with Crippen LogP contribution in [0, 0.1) is 11.3 Å². The Hall–Kier alpha value is -2.19. The summed E-state index contributed by atoms with van der Waals surface area (Å²) in [4.78, 5) is 3.94. The van der Waals surface area contributed by atoms with E-state index in [-0.39, 0.29) is 0 Å². The third-order valence-electron chi connectivity index (χ3n) is 2.57. The zero-order valence-electron chi connectivity index (χ0n) is 10.1. The van der Waals surface area contributed by atoms with Crippen LogP contribution in [0.3, 0.4) is 0 Å². The fourth-order valence-electron chi connectivity index (χ4n) is 1.68. The number of rotatable bonds is 6. The van der Waals surface area contributed by atoms with Crippen molar-refractivity contribution in [2.45, 2.75) is 19.5 Å². The van der Waals surface area contributed by atoms with Gasteiger partial charge in [-0.2, -0.15) is 10.4 Å². The van der Waals surface area contributed by atoms with Crippen LogP contribution in [0.4, 0.5) is 0 Å². The van der Waals surface area contributed by atoms with Gasteiger partial charge in [-0.05, 0) is 36.7 Å². The van der Waals surface area contributed by atoms with Gasteiger partial charge in [-0.3, -0.25) is 4.68 Å². The Bertz CT molecular complexity index is 512. The fraction of sp³-hybridized carbons (Fsp3) is 0.308. The van der Waals surface area contributed by atoms with Crippen molar-refractivity contribution in [1.82, 2.24) is 20.1 Å². The van der Waals surface area contributed by atoms with E-state index >= 15 is 0 Å². The van der Waals surface area contributed by atoms with E-state index in [2.05, 4.69) is 15.4 Å². The number of hydrogen-bond acceptors (Lipinski definition) is 4. The topological polar surface area (TPSA) is 66.5 Å². The molecule has 0 amide bonds. The maximum atomic E-state index is 8.73. The first-order valence-corrected chi connectivity index (χ1v) is 5.91. The predicted octanol–water partition coefficient (Wildman–Crippen LogP) is 1.33. The smallest absolute Gasteiger partial charge is 0.140 e. The number of aromatic nitrogens is 3. The molecule has 0 bridgehead atoms. The van der Waals surface area contributed by atoms with E-state index in [1.165, 1.54) is 0 Å². The zero-order valence-corrected chi connectivity index (χ0v) is 10.1. The third-order valence-corrected chi connectivity index (χ3v) is 2.57. The molecule has 0 spiro atoms. The van der Waals surface area contributed by atoms with Crippen LogP contribution in [0.15, 0.2) is 36.8 Å². The molecule has 0 atom stereocenters. The zero-order chi connectivity index (χ0) is 12.6. The molecule has 0 saturated heterocycles. The van der Waals surface area contributed by atoms with Gasteiger partial charge in [0.05, 0.1) is 0 Å². The maximum absolute atomic E-state index is 8.73. The second-order valence-electron chi connectivity index (χ2n) is 3.96. The molecule has 0 unspecified atom stereocenters. The lowest BCUT2D eigenvalue weighted by Crippen LogP contribution is -2.16. The average molecular weight is 241 g/mol. The molecule has 0 aromatic carbocycles. The van der Waals surface area contributed by atoms with Crippen LogP contribution in [0.1, 0.15) is 17.7 Å². The molecule has 5 heteroatoms. The van der Waals surface area contributed by atoms with Crippen LogP contribution in [0.2, 0.25) is 0 Å². The third kappa shape index (κ3) is 3.68. The van der Waals surface area contributed by atoms with Gasteiger partial charge in [-0.25, -0.2) is 4.98 Å². The molecule has 2 aromatic heterocycles. The lowest BCUT2D eigenvalue weighted by Gasteiger charge is -2.05. The van der Waals surface area contributed by atoms with E-state index in [0.29, 0.717) is 5.69 Å². The molecule has 0 aliphatic carbocycles. The Kier molecular flexibility index (Phi) is 4.45. The summed E-state index contributed by atoms with van der Waals surface area (Å²) in [5.41, 5.74) is 1.55. The number of aryl methyl sites for hydroxylation is 1. The highest BCUT2D eigenvalue weighted by molar-refractivity contribution is 5.25. The Morgan fingerprint density at radius 3 is 3.11 bits per heavy atom. The van der Waals surface area contributed by atoms with Gasteiger partial charge in [0.25, 0.3) is 0 Å². The summed E-state index contributed by atoms with van der Waals surface area (Å²) in [6.45, 7) is 2.60. The van der Waals surface area contributed by atoms with E-state index in [1.807, 2.05) is 29.1 Å². The molecule has 2 heterocycles. The number of nitrogens with one attached hydrogen (secondary N) is 1. The van der Waals surface area contributed by atoms with Crippen molar-refractivity contribution < 1.29 is 0 Å². The lowest BCUT2D eigenvalue weighted by molar-refractivity contribution is 0.543. The van der Waals surface area contributed by atoms with Crippen molar-refractivity contribution in [3.05, 3.63) is 48.0 Å². The van der Waals surface area contributed by atoms with Gasteiger partial charge in [0.15, 0.2) is 0 Å². The van der Waals surface area contributed by atoms with Crippen LogP contribution in [0.25, 0.3) is 0 Å². The summed E-state index contributed by atoms with van der Waals surface area (Å²) in [6, 6.07) is 7.69. The van der Waals surface area contributed by atoms with Crippen LogP contribution in [-0.2, 0) is 13.1 Å². The van der Waals surface area contributed by atoms with E-state index < -0.39 is 0 Å². The number of pyridine rings is 1. The van der Waals surface area contributed by atoms with E-state index in [9.17, 15) is 0 Å². The quantitative estimate of drug-likeness (QED) is 0.775. The van der Waals surface area contributed by atoms with Crippen molar-refractivity contribution in [1.29, 1.82) is 5.26 Å². The number of nitrogens with zero attached hydrogens (tertiary/aromatic N) is 4. The van der Waals surface area contributed by atoms with Gasteiger partial charge >= 0.3 is 0 Å². The van der Waals surface area contributed by atoms with Crippen LogP contribution in [-0.4, -0.2) is 21.3 Å². The molecule has 0 radical (unpaired) electrons. The first kappa shape index (κ1) is 12.3. The highest BCUT2D eigenvalue weighted by Gasteiger charge is 1.96. The second-order valence-corrected chi connectivity index (χ2v) is 3.96. The van der Waals surface area contributed by atoms with Gasteiger partial charge in [0.1, 0.15) is 11.8 Å². The minimum Gasteiger partial charge on any atom is -0.313 e. The van der Waals surface area contributed by atoms with Crippen LogP contribution in [0.5, 0.6) is 0 Å². The summed E-state index contributed by atoms with van der Waals surface area (Å²) >= 11 is 0. The SMILES string of the molecule is N#Cc1cc(CNCCCn2cccn2)ccn1. The summed E-state index contributed by atoms with van der Waals surface area (Å²) in [5.74, 6) is 0. The number of nitriles is 1. The van der Waals surface area contributed by atoms with Crippen molar-refractivity contribution in [2.24, 2.45) is 0 Å². The molecule has 18 heavy (non-hydrogen) atoms. The van der Waals surface area contributed by atoms with Gasteiger partial charge in [0.2, 0.25) is 0 Å². The van der Waals surface area contributed by atoms with Crippen LogP contribution >= 0.6 is 0 Å².